The number of hydrogen-bond acceptors (Lipinski definition) is 4. The first-order valence-electron chi connectivity index (χ1n) is 9.28. The van der Waals surface area contributed by atoms with Crippen molar-refractivity contribution in [2.45, 2.75) is 27.2 Å². The summed E-state index contributed by atoms with van der Waals surface area (Å²) in [7, 11) is 3.11. The SMILES string of the molecule is CCN(C(=O)CCN(C(C)=O)c1cc(OC)ccc1OC)c1cccc(C)c1. The van der Waals surface area contributed by atoms with Gasteiger partial charge in [-0.25, -0.2) is 0 Å². The Bertz CT molecular complexity index is 835. The number of aryl methyl sites for hydroxylation is 1. The van der Waals surface area contributed by atoms with Crippen molar-refractivity contribution in [2.24, 2.45) is 0 Å². The second-order valence-electron chi connectivity index (χ2n) is 6.44. The van der Waals surface area contributed by atoms with Gasteiger partial charge in [-0.1, -0.05) is 12.1 Å². The van der Waals surface area contributed by atoms with Gasteiger partial charge in [-0.3, -0.25) is 9.59 Å². The number of hydrogen-bond donors (Lipinski definition) is 0. The topological polar surface area (TPSA) is 59.1 Å². The summed E-state index contributed by atoms with van der Waals surface area (Å²) in [6.45, 7) is 6.22. The lowest BCUT2D eigenvalue weighted by molar-refractivity contribution is -0.118. The minimum atomic E-state index is -0.169. The molecular weight excluding hydrogens is 356 g/mol. The minimum Gasteiger partial charge on any atom is -0.497 e. The largest absolute Gasteiger partial charge is 0.497 e. The molecule has 0 aromatic heterocycles. The van der Waals surface area contributed by atoms with Crippen LogP contribution in [0.3, 0.4) is 0 Å². The Morgan fingerprint density at radius 3 is 2.32 bits per heavy atom. The van der Waals surface area contributed by atoms with Gasteiger partial charge in [0, 0.05) is 38.2 Å². The maximum Gasteiger partial charge on any atom is 0.228 e. The van der Waals surface area contributed by atoms with Crippen molar-refractivity contribution < 1.29 is 19.1 Å². The average molecular weight is 384 g/mol. The molecule has 0 bridgehead atoms. The number of methoxy groups -OCH3 is 2. The summed E-state index contributed by atoms with van der Waals surface area (Å²) in [5.41, 5.74) is 2.54. The summed E-state index contributed by atoms with van der Waals surface area (Å²) >= 11 is 0. The molecule has 0 aliphatic heterocycles. The van der Waals surface area contributed by atoms with Crippen LogP contribution in [0.15, 0.2) is 42.5 Å². The van der Waals surface area contributed by atoms with Gasteiger partial charge in [0.05, 0.1) is 19.9 Å². The highest BCUT2D eigenvalue weighted by molar-refractivity contribution is 5.97. The number of benzene rings is 2. The third-order valence-corrected chi connectivity index (χ3v) is 4.54. The van der Waals surface area contributed by atoms with Crippen molar-refractivity contribution in [3.8, 4) is 11.5 Å². The van der Waals surface area contributed by atoms with Crippen molar-refractivity contribution in [3.05, 3.63) is 48.0 Å². The fourth-order valence-corrected chi connectivity index (χ4v) is 3.10. The lowest BCUT2D eigenvalue weighted by atomic mass is 10.2. The quantitative estimate of drug-likeness (QED) is 0.694. The van der Waals surface area contributed by atoms with Gasteiger partial charge >= 0.3 is 0 Å². The molecule has 0 aliphatic rings. The van der Waals surface area contributed by atoms with Gasteiger partial charge in [0.2, 0.25) is 11.8 Å². The third kappa shape index (κ3) is 5.03. The van der Waals surface area contributed by atoms with Crippen LogP contribution in [-0.2, 0) is 9.59 Å². The molecule has 0 spiro atoms. The molecule has 150 valence electrons. The number of amides is 2. The molecule has 0 heterocycles. The zero-order valence-corrected chi connectivity index (χ0v) is 17.2. The first-order chi connectivity index (χ1) is 13.4. The first-order valence-corrected chi connectivity index (χ1v) is 9.28. The molecule has 2 aromatic carbocycles. The average Bonchev–Trinajstić information content (AvgIpc) is 2.68. The van der Waals surface area contributed by atoms with Gasteiger partial charge in [-0.2, -0.15) is 0 Å². The van der Waals surface area contributed by atoms with Crippen LogP contribution in [0.5, 0.6) is 11.5 Å². The second-order valence-corrected chi connectivity index (χ2v) is 6.44. The first kappa shape index (κ1) is 21.3. The van der Waals surface area contributed by atoms with E-state index in [2.05, 4.69) is 0 Å². The van der Waals surface area contributed by atoms with E-state index in [9.17, 15) is 9.59 Å². The molecule has 2 rings (SSSR count). The molecule has 0 fully saturated rings. The fourth-order valence-electron chi connectivity index (χ4n) is 3.10. The molecule has 0 saturated carbocycles. The Balaban J connectivity index is 2.21. The van der Waals surface area contributed by atoms with Gasteiger partial charge in [0.1, 0.15) is 11.5 Å². The van der Waals surface area contributed by atoms with E-state index in [0.29, 0.717) is 23.7 Å². The summed E-state index contributed by atoms with van der Waals surface area (Å²) in [5, 5.41) is 0. The van der Waals surface area contributed by atoms with Gasteiger partial charge in [-0.15, -0.1) is 0 Å². The van der Waals surface area contributed by atoms with Gasteiger partial charge in [-0.05, 0) is 43.7 Å². The Labute approximate surface area is 166 Å². The maximum absolute atomic E-state index is 12.9. The summed E-state index contributed by atoms with van der Waals surface area (Å²) < 4.78 is 10.7. The highest BCUT2D eigenvalue weighted by Gasteiger charge is 2.21. The van der Waals surface area contributed by atoms with Crippen molar-refractivity contribution in [1.82, 2.24) is 0 Å². The molecule has 6 heteroatoms. The van der Waals surface area contributed by atoms with Gasteiger partial charge in [0.15, 0.2) is 0 Å². The van der Waals surface area contributed by atoms with E-state index in [0.717, 1.165) is 11.3 Å². The van der Waals surface area contributed by atoms with E-state index in [1.165, 1.54) is 6.92 Å². The number of ether oxygens (including phenoxy) is 2. The molecule has 0 atom stereocenters. The lowest BCUT2D eigenvalue weighted by Gasteiger charge is -2.26. The van der Waals surface area contributed by atoms with E-state index in [-0.39, 0.29) is 24.8 Å². The Hall–Kier alpha value is -3.02. The van der Waals surface area contributed by atoms with Crippen LogP contribution in [-0.4, -0.2) is 39.1 Å². The van der Waals surface area contributed by atoms with Crippen molar-refractivity contribution in [2.75, 3.05) is 37.1 Å². The zero-order chi connectivity index (χ0) is 20.7. The van der Waals surface area contributed by atoms with Crippen LogP contribution >= 0.6 is 0 Å². The predicted molar refractivity (Wildman–Crippen MR) is 111 cm³/mol. The van der Waals surface area contributed by atoms with Gasteiger partial charge in [0.25, 0.3) is 0 Å². The summed E-state index contributed by atoms with van der Waals surface area (Å²) in [4.78, 5) is 28.4. The van der Waals surface area contributed by atoms with E-state index in [1.54, 1.807) is 42.2 Å². The molecule has 0 N–H and O–H groups in total. The minimum absolute atomic E-state index is 0.0405. The monoisotopic (exact) mass is 384 g/mol. The van der Waals surface area contributed by atoms with Crippen LogP contribution in [0.2, 0.25) is 0 Å². The number of rotatable bonds is 8. The van der Waals surface area contributed by atoms with Crippen LogP contribution in [0.1, 0.15) is 25.8 Å². The number of anilines is 2. The van der Waals surface area contributed by atoms with Crippen LogP contribution in [0.4, 0.5) is 11.4 Å². The zero-order valence-electron chi connectivity index (χ0n) is 17.2. The summed E-state index contributed by atoms with van der Waals surface area (Å²) in [5.74, 6) is 0.956. The van der Waals surface area contributed by atoms with Crippen molar-refractivity contribution in [1.29, 1.82) is 0 Å². The maximum atomic E-state index is 12.9. The van der Waals surface area contributed by atoms with E-state index < -0.39 is 0 Å². The van der Waals surface area contributed by atoms with Crippen LogP contribution in [0.25, 0.3) is 0 Å². The molecule has 2 amide bonds. The normalized spacial score (nSPS) is 10.3. The fraction of sp³-hybridized carbons (Fsp3) is 0.364. The summed E-state index contributed by atoms with van der Waals surface area (Å²) in [6.07, 6.45) is 0.196. The van der Waals surface area contributed by atoms with Crippen LogP contribution in [0, 0.1) is 6.92 Å². The molecule has 0 unspecified atom stereocenters. The van der Waals surface area contributed by atoms with E-state index >= 15 is 0 Å². The highest BCUT2D eigenvalue weighted by Crippen LogP contribution is 2.32. The Morgan fingerprint density at radius 2 is 1.75 bits per heavy atom. The van der Waals surface area contributed by atoms with Crippen molar-refractivity contribution >= 4 is 23.2 Å². The highest BCUT2D eigenvalue weighted by atomic mass is 16.5. The standard InChI is InChI=1S/C22H28N2O4/c1-6-23(18-9-7-8-16(2)14-18)22(26)12-13-24(17(3)25)20-15-19(27-4)10-11-21(20)28-5/h7-11,14-15H,6,12-13H2,1-5H3. The number of carbonyl (C=O) groups is 2. The molecular formula is C22H28N2O4. The number of carbonyl (C=O) groups excluding carboxylic acids is 2. The summed E-state index contributed by atoms with van der Waals surface area (Å²) in [6, 6.07) is 13.1. The van der Waals surface area contributed by atoms with Gasteiger partial charge < -0.3 is 19.3 Å². The predicted octanol–water partition coefficient (Wildman–Crippen LogP) is 3.81. The van der Waals surface area contributed by atoms with E-state index in [4.69, 9.17) is 9.47 Å². The Morgan fingerprint density at radius 1 is 1.00 bits per heavy atom. The lowest BCUT2D eigenvalue weighted by Crippen LogP contribution is -2.36. The molecule has 6 nitrogen and oxygen atoms in total. The molecule has 0 radical (unpaired) electrons. The van der Waals surface area contributed by atoms with Crippen molar-refractivity contribution in [3.63, 3.8) is 0 Å². The Kier molecular flexibility index (Phi) is 7.44. The molecule has 0 aliphatic carbocycles. The smallest absolute Gasteiger partial charge is 0.228 e. The second kappa shape index (κ2) is 9.78. The molecule has 0 saturated heterocycles. The third-order valence-electron chi connectivity index (χ3n) is 4.54. The van der Waals surface area contributed by atoms with Crippen LogP contribution < -0.4 is 19.3 Å². The number of nitrogens with zero attached hydrogens (tertiary/aromatic N) is 2. The molecule has 28 heavy (non-hydrogen) atoms. The van der Waals surface area contributed by atoms with E-state index in [1.807, 2.05) is 38.1 Å². The molecule has 2 aromatic rings.